The van der Waals surface area contributed by atoms with E-state index in [9.17, 15) is 19.7 Å². The van der Waals surface area contributed by atoms with E-state index in [1.807, 2.05) is 0 Å². The SMILES string of the molecule is CC(=O)CCC(=O)Nc1ccc(Br)c([N+](=O)[O-])c1. The average Bonchev–Trinajstić information content (AvgIpc) is 2.28. The molecule has 6 nitrogen and oxygen atoms in total. The Bertz CT molecular complexity index is 502. The van der Waals surface area contributed by atoms with Crippen LogP contribution in [-0.4, -0.2) is 16.6 Å². The molecule has 0 radical (unpaired) electrons. The lowest BCUT2D eigenvalue weighted by molar-refractivity contribution is -0.385. The molecule has 0 fully saturated rings. The number of nitro benzene ring substituents is 1. The predicted octanol–water partition coefficient (Wildman–Crippen LogP) is 2.67. The fourth-order valence-electron chi connectivity index (χ4n) is 1.24. The van der Waals surface area contributed by atoms with Gasteiger partial charge >= 0.3 is 0 Å². The van der Waals surface area contributed by atoms with Gasteiger partial charge in [0.1, 0.15) is 5.78 Å². The number of hydrogen-bond acceptors (Lipinski definition) is 4. The third-order valence-electron chi connectivity index (χ3n) is 2.13. The Morgan fingerprint density at radius 2 is 2.06 bits per heavy atom. The highest BCUT2D eigenvalue weighted by molar-refractivity contribution is 9.10. The maximum Gasteiger partial charge on any atom is 0.285 e. The van der Waals surface area contributed by atoms with Gasteiger partial charge in [0.15, 0.2) is 0 Å². The summed E-state index contributed by atoms with van der Waals surface area (Å²) in [5.74, 6) is -0.422. The maximum absolute atomic E-state index is 11.4. The summed E-state index contributed by atoms with van der Waals surface area (Å²) < 4.78 is 0.342. The summed E-state index contributed by atoms with van der Waals surface area (Å²) in [7, 11) is 0. The highest BCUT2D eigenvalue weighted by atomic mass is 79.9. The van der Waals surface area contributed by atoms with E-state index in [1.165, 1.54) is 19.1 Å². The van der Waals surface area contributed by atoms with Crippen molar-refractivity contribution in [2.75, 3.05) is 5.32 Å². The van der Waals surface area contributed by atoms with Gasteiger partial charge in [-0.2, -0.15) is 0 Å². The molecule has 0 aliphatic rings. The zero-order valence-electron chi connectivity index (χ0n) is 9.60. The number of nitrogens with zero attached hydrogens (tertiary/aromatic N) is 1. The second kappa shape index (κ2) is 6.25. The molecule has 1 aromatic rings. The first-order chi connectivity index (χ1) is 8.40. The standard InChI is InChI=1S/C11H11BrN2O4/c1-7(15)2-5-11(16)13-8-3-4-9(12)10(6-8)14(17)18/h3-4,6H,2,5H2,1H3,(H,13,16). The van der Waals surface area contributed by atoms with Gasteiger partial charge in [-0.25, -0.2) is 0 Å². The number of hydrogen-bond donors (Lipinski definition) is 1. The Morgan fingerprint density at radius 3 is 2.61 bits per heavy atom. The van der Waals surface area contributed by atoms with Crippen LogP contribution in [0.4, 0.5) is 11.4 Å². The van der Waals surface area contributed by atoms with Crippen molar-refractivity contribution in [2.24, 2.45) is 0 Å². The molecular weight excluding hydrogens is 304 g/mol. The van der Waals surface area contributed by atoms with Crippen molar-refractivity contribution in [3.05, 3.63) is 32.8 Å². The van der Waals surface area contributed by atoms with E-state index in [1.54, 1.807) is 6.07 Å². The smallest absolute Gasteiger partial charge is 0.285 e. The summed E-state index contributed by atoms with van der Waals surface area (Å²) in [4.78, 5) is 32.3. The topological polar surface area (TPSA) is 89.3 Å². The molecule has 0 saturated heterocycles. The minimum Gasteiger partial charge on any atom is -0.326 e. The van der Waals surface area contributed by atoms with Gasteiger partial charge in [-0.15, -0.1) is 0 Å². The Labute approximate surface area is 112 Å². The largest absolute Gasteiger partial charge is 0.326 e. The number of carbonyl (C=O) groups is 2. The Morgan fingerprint density at radius 1 is 1.39 bits per heavy atom. The van der Waals surface area contributed by atoms with Gasteiger partial charge in [0.05, 0.1) is 9.40 Å². The van der Waals surface area contributed by atoms with Gasteiger partial charge in [0.25, 0.3) is 5.69 Å². The number of halogens is 1. The van der Waals surface area contributed by atoms with Crippen molar-refractivity contribution in [1.82, 2.24) is 0 Å². The van der Waals surface area contributed by atoms with E-state index in [0.717, 1.165) is 0 Å². The summed E-state index contributed by atoms with van der Waals surface area (Å²) in [6, 6.07) is 4.29. The molecular formula is C11H11BrN2O4. The second-order valence-electron chi connectivity index (χ2n) is 3.67. The number of ketones is 1. The normalized spacial score (nSPS) is 9.89. The lowest BCUT2D eigenvalue weighted by Gasteiger charge is -2.05. The van der Waals surface area contributed by atoms with Crippen LogP contribution < -0.4 is 5.32 Å². The molecule has 96 valence electrons. The highest BCUT2D eigenvalue weighted by Gasteiger charge is 2.13. The van der Waals surface area contributed by atoms with Gasteiger partial charge in [-0.05, 0) is 35.0 Å². The minimum absolute atomic E-state index is 0.0686. The lowest BCUT2D eigenvalue weighted by Crippen LogP contribution is -2.12. The molecule has 0 aromatic heterocycles. The van der Waals surface area contributed by atoms with Crippen LogP contribution in [0.15, 0.2) is 22.7 Å². The predicted molar refractivity (Wildman–Crippen MR) is 69.3 cm³/mol. The number of carbonyl (C=O) groups excluding carboxylic acids is 2. The second-order valence-corrected chi connectivity index (χ2v) is 4.53. The molecule has 1 aromatic carbocycles. The van der Waals surface area contributed by atoms with E-state index in [0.29, 0.717) is 10.2 Å². The minimum atomic E-state index is -0.546. The summed E-state index contributed by atoms with van der Waals surface area (Å²) in [6.45, 7) is 1.40. The molecule has 0 spiro atoms. The molecule has 1 amide bonds. The Hall–Kier alpha value is -1.76. The Balaban J connectivity index is 2.73. The van der Waals surface area contributed by atoms with Crippen LogP contribution in [-0.2, 0) is 9.59 Å². The summed E-state index contributed by atoms with van der Waals surface area (Å²) in [5, 5.41) is 13.2. The van der Waals surface area contributed by atoms with Crippen molar-refractivity contribution in [2.45, 2.75) is 19.8 Å². The molecule has 1 N–H and O–H groups in total. The number of benzene rings is 1. The van der Waals surface area contributed by atoms with Crippen LogP contribution in [0.1, 0.15) is 19.8 Å². The highest BCUT2D eigenvalue weighted by Crippen LogP contribution is 2.27. The molecule has 0 heterocycles. The van der Waals surface area contributed by atoms with Crippen LogP contribution in [0, 0.1) is 10.1 Å². The third kappa shape index (κ3) is 4.25. The van der Waals surface area contributed by atoms with E-state index in [4.69, 9.17) is 0 Å². The molecule has 0 unspecified atom stereocenters. The Kier molecular flexibility index (Phi) is 4.96. The zero-order chi connectivity index (χ0) is 13.7. The van der Waals surface area contributed by atoms with Gasteiger partial charge in [0.2, 0.25) is 5.91 Å². The molecule has 1 rings (SSSR count). The maximum atomic E-state index is 11.4. The number of nitro groups is 1. The summed E-state index contributed by atoms with van der Waals surface area (Å²) >= 11 is 3.05. The number of Topliss-reactive ketones (excluding diaryl/α,β-unsaturated/α-hetero) is 1. The van der Waals surface area contributed by atoms with Gasteiger partial charge < -0.3 is 10.1 Å². The van der Waals surface area contributed by atoms with Crippen LogP contribution in [0.3, 0.4) is 0 Å². The van der Waals surface area contributed by atoms with Crippen LogP contribution >= 0.6 is 15.9 Å². The quantitative estimate of drug-likeness (QED) is 0.668. The number of anilines is 1. The number of amides is 1. The number of nitrogens with one attached hydrogen (secondary N) is 1. The van der Waals surface area contributed by atoms with Crippen molar-refractivity contribution in [3.63, 3.8) is 0 Å². The average molecular weight is 315 g/mol. The molecule has 0 atom stereocenters. The van der Waals surface area contributed by atoms with E-state index in [2.05, 4.69) is 21.2 Å². The zero-order valence-corrected chi connectivity index (χ0v) is 11.2. The molecule has 0 aliphatic carbocycles. The first kappa shape index (κ1) is 14.3. The van der Waals surface area contributed by atoms with Crippen molar-refractivity contribution >= 4 is 39.0 Å². The van der Waals surface area contributed by atoms with Crippen LogP contribution in [0.2, 0.25) is 0 Å². The molecule has 0 saturated carbocycles. The molecule has 0 bridgehead atoms. The van der Waals surface area contributed by atoms with Crippen LogP contribution in [0.25, 0.3) is 0 Å². The molecule has 7 heteroatoms. The van der Waals surface area contributed by atoms with Crippen molar-refractivity contribution in [3.8, 4) is 0 Å². The monoisotopic (exact) mass is 314 g/mol. The van der Waals surface area contributed by atoms with Crippen molar-refractivity contribution in [1.29, 1.82) is 0 Å². The number of rotatable bonds is 5. The third-order valence-corrected chi connectivity index (χ3v) is 2.80. The van der Waals surface area contributed by atoms with E-state index in [-0.39, 0.29) is 30.2 Å². The molecule has 0 aliphatic heterocycles. The van der Waals surface area contributed by atoms with Gasteiger partial charge in [-0.1, -0.05) is 0 Å². The molecule has 18 heavy (non-hydrogen) atoms. The first-order valence-electron chi connectivity index (χ1n) is 5.13. The fraction of sp³-hybridized carbons (Fsp3) is 0.273. The van der Waals surface area contributed by atoms with Gasteiger partial charge in [-0.3, -0.25) is 14.9 Å². The summed E-state index contributed by atoms with van der Waals surface area (Å²) in [5.41, 5.74) is 0.206. The van der Waals surface area contributed by atoms with Crippen molar-refractivity contribution < 1.29 is 14.5 Å². The summed E-state index contributed by atoms with van der Waals surface area (Å²) in [6.07, 6.45) is 0.226. The van der Waals surface area contributed by atoms with Crippen LogP contribution in [0.5, 0.6) is 0 Å². The van der Waals surface area contributed by atoms with E-state index < -0.39 is 4.92 Å². The first-order valence-corrected chi connectivity index (χ1v) is 5.92. The lowest BCUT2D eigenvalue weighted by atomic mass is 10.2. The van der Waals surface area contributed by atoms with E-state index >= 15 is 0 Å². The fourth-order valence-corrected chi connectivity index (χ4v) is 1.63. The van der Waals surface area contributed by atoms with Gasteiger partial charge in [0, 0.05) is 24.6 Å².